The molecule has 1 heterocycles. The van der Waals surface area contributed by atoms with Gasteiger partial charge in [0.1, 0.15) is 11.9 Å². The van der Waals surface area contributed by atoms with Gasteiger partial charge in [0.2, 0.25) is 0 Å². The zero-order chi connectivity index (χ0) is 16.5. The normalized spacial score (nSPS) is 12.8. The Kier molecular flexibility index (Phi) is 3.79. The fourth-order valence-corrected chi connectivity index (χ4v) is 3.30. The maximum Gasteiger partial charge on any atom is 0.139 e. The molecule has 24 heavy (non-hydrogen) atoms. The van der Waals surface area contributed by atoms with E-state index in [-0.39, 0.29) is 0 Å². The summed E-state index contributed by atoms with van der Waals surface area (Å²) in [4.78, 5) is 4.67. The fraction of sp³-hybridized carbons (Fsp3) is 0.190. The van der Waals surface area contributed by atoms with Crippen molar-refractivity contribution in [2.75, 3.05) is 0 Å². The van der Waals surface area contributed by atoms with Gasteiger partial charge in [-0.25, -0.2) is 4.98 Å². The minimum absolute atomic E-state index is 0.549. The van der Waals surface area contributed by atoms with Crippen molar-refractivity contribution in [2.45, 2.75) is 26.0 Å². The van der Waals surface area contributed by atoms with Crippen molar-refractivity contribution >= 4 is 21.8 Å². The molecule has 1 N–H and O–H groups in total. The molecule has 0 saturated heterocycles. The van der Waals surface area contributed by atoms with Crippen molar-refractivity contribution < 1.29 is 5.11 Å². The van der Waals surface area contributed by atoms with Gasteiger partial charge in [-0.15, -0.1) is 0 Å². The second-order valence-electron chi connectivity index (χ2n) is 6.11. The Bertz CT molecular complexity index is 998. The molecule has 0 aliphatic heterocycles. The summed E-state index contributed by atoms with van der Waals surface area (Å²) in [6.45, 7) is 2.68. The summed E-state index contributed by atoms with van der Waals surface area (Å²) < 4.78 is 2.14. The van der Waals surface area contributed by atoms with E-state index in [9.17, 15) is 5.11 Å². The van der Waals surface area contributed by atoms with Gasteiger partial charge in [0.25, 0.3) is 0 Å². The van der Waals surface area contributed by atoms with Crippen molar-refractivity contribution in [3.63, 3.8) is 0 Å². The zero-order valence-corrected chi connectivity index (χ0v) is 13.7. The van der Waals surface area contributed by atoms with Crippen molar-refractivity contribution in [1.82, 2.24) is 9.55 Å². The standard InChI is InChI=1S/C21H20N2O/c1-2-20(24)21-22-18-12-5-6-13-19(18)23(21)14-16-10-7-9-15-8-3-4-11-17(15)16/h3-13,20,24H,2,14H2,1H3/t20-/m0/s1. The number of benzene rings is 3. The van der Waals surface area contributed by atoms with Crippen LogP contribution in [-0.2, 0) is 6.54 Å². The van der Waals surface area contributed by atoms with E-state index < -0.39 is 6.10 Å². The minimum Gasteiger partial charge on any atom is -0.385 e. The molecule has 0 aliphatic carbocycles. The smallest absolute Gasteiger partial charge is 0.139 e. The summed E-state index contributed by atoms with van der Waals surface area (Å²) in [5, 5.41) is 12.9. The SMILES string of the molecule is CC[C@H](O)c1nc2ccccc2n1Cc1cccc2ccccc12. The molecule has 0 bridgehead atoms. The summed E-state index contributed by atoms with van der Waals surface area (Å²) in [6, 6.07) is 22.9. The van der Waals surface area contributed by atoms with E-state index in [0.717, 1.165) is 16.9 Å². The van der Waals surface area contributed by atoms with Crippen LogP contribution in [0, 0.1) is 0 Å². The number of nitrogens with zero attached hydrogens (tertiary/aromatic N) is 2. The summed E-state index contributed by atoms with van der Waals surface area (Å²) in [7, 11) is 0. The van der Waals surface area contributed by atoms with Gasteiger partial charge in [-0.1, -0.05) is 61.5 Å². The van der Waals surface area contributed by atoms with Gasteiger partial charge in [-0.05, 0) is 34.9 Å². The first kappa shape index (κ1) is 14.9. The highest BCUT2D eigenvalue weighted by atomic mass is 16.3. The molecule has 120 valence electrons. The maximum absolute atomic E-state index is 10.4. The number of aromatic nitrogens is 2. The predicted octanol–water partition coefficient (Wildman–Crippen LogP) is 4.68. The zero-order valence-electron chi connectivity index (χ0n) is 13.7. The Morgan fingerprint density at radius 3 is 2.58 bits per heavy atom. The summed E-state index contributed by atoms with van der Waals surface area (Å²) >= 11 is 0. The molecular formula is C21H20N2O. The molecule has 3 heteroatoms. The molecule has 0 saturated carbocycles. The number of hydrogen-bond donors (Lipinski definition) is 1. The number of imidazole rings is 1. The van der Waals surface area contributed by atoms with E-state index in [2.05, 4.69) is 58.1 Å². The number of aliphatic hydroxyl groups is 1. The van der Waals surface area contributed by atoms with E-state index in [4.69, 9.17) is 0 Å². The maximum atomic E-state index is 10.4. The van der Waals surface area contributed by atoms with Crippen LogP contribution in [0.2, 0.25) is 0 Å². The molecular weight excluding hydrogens is 296 g/mol. The van der Waals surface area contributed by atoms with Crippen LogP contribution >= 0.6 is 0 Å². The second kappa shape index (κ2) is 6.10. The Balaban J connectivity index is 1.89. The molecule has 3 aromatic carbocycles. The highest BCUT2D eigenvalue weighted by Gasteiger charge is 2.17. The highest BCUT2D eigenvalue weighted by molar-refractivity contribution is 5.86. The monoisotopic (exact) mass is 316 g/mol. The summed E-state index contributed by atoms with van der Waals surface area (Å²) in [5.74, 6) is 0.742. The van der Waals surface area contributed by atoms with Crippen LogP contribution in [0.1, 0.15) is 30.8 Å². The van der Waals surface area contributed by atoms with Gasteiger partial charge >= 0.3 is 0 Å². The van der Waals surface area contributed by atoms with Crippen molar-refractivity contribution in [1.29, 1.82) is 0 Å². The third-order valence-corrected chi connectivity index (χ3v) is 4.58. The predicted molar refractivity (Wildman–Crippen MR) is 98.0 cm³/mol. The minimum atomic E-state index is -0.549. The molecule has 0 unspecified atom stereocenters. The highest BCUT2D eigenvalue weighted by Crippen LogP contribution is 2.26. The number of rotatable bonds is 4. The first-order valence-corrected chi connectivity index (χ1v) is 8.38. The molecule has 0 aliphatic rings. The third kappa shape index (κ3) is 2.47. The van der Waals surface area contributed by atoms with E-state index in [0.29, 0.717) is 13.0 Å². The van der Waals surface area contributed by atoms with Crippen LogP contribution in [0.15, 0.2) is 66.7 Å². The second-order valence-corrected chi connectivity index (χ2v) is 6.11. The van der Waals surface area contributed by atoms with Crippen molar-refractivity contribution in [3.8, 4) is 0 Å². The molecule has 0 spiro atoms. The molecule has 1 atom stereocenters. The number of aliphatic hydroxyl groups excluding tert-OH is 1. The Labute approximate surface area is 141 Å². The van der Waals surface area contributed by atoms with Gasteiger partial charge in [-0.3, -0.25) is 0 Å². The Morgan fingerprint density at radius 1 is 0.958 bits per heavy atom. The topological polar surface area (TPSA) is 38.1 Å². The van der Waals surface area contributed by atoms with Crippen LogP contribution in [0.4, 0.5) is 0 Å². The molecule has 0 fully saturated rings. The van der Waals surface area contributed by atoms with Gasteiger partial charge in [0.05, 0.1) is 17.6 Å². The first-order chi connectivity index (χ1) is 11.8. The van der Waals surface area contributed by atoms with Crippen LogP contribution in [0.25, 0.3) is 21.8 Å². The Morgan fingerprint density at radius 2 is 1.71 bits per heavy atom. The molecule has 0 amide bonds. The van der Waals surface area contributed by atoms with E-state index in [1.54, 1.807) is 0 Å². The third-order valence-electron chi connectivity index (χ3n) is 4.58. The molecule has 4 rings (SSSR count). The van der Waals surface area contributed by atoms with Crippen LogP contribution in [-0.4, -0.2) is 14.7 Å². The van der Waals surface area contributed by atoms with Crippen LogP contribution in [0.5, 0.6) is 0 Å². The van der Waals surface area contributed by atoms with E-state index in [1.165, 1.54) is 16.3 Å². The average Bonchev–Trinajstić information content (AvgIpc) is 3.00. The average molecular weight is 316 g/mol. The quantitative estimate of drug-likeness (QED) is 0.593. The molecule has 1 aromatic heterocycles. The van der Waals surface area contributed by atoms with Gasteiger partial charge in [0.15, 0.2) is 0 Å². The van der Waals surface area contributed by atoms with Crippen molar-refractivity contribution in [3.05, 3.63) is 78.1 Å². The van der Waals surface area contributed by atoms with Crippen molar-refractivity contribution in [2.24, 2.45) is 0 Å². The van der Waals surface area contributed by atoms with Crippen LogP contribution < -0.4 is 0 Å². The van der Waals surface area contributed by atoms with Gasteiger partial charge in [0, 0.05) is 0 Å². The largest absolute Gasteiger partial charge is 0.385 e. The number of fused-ring (bicyclic) bond motifs is 2. The van der Waals surface area contributed by atoms with Gasteiger partial charge < -0.3 is 9.67 Å². The van der Waals surface area contributed by atoms with Gasteiger partial charge in [-0.2, -0.15) is 0 Å². The molecule has 3 nitrogen and oxygen atoms in total. The first-order valence-electron chi connectivity index (χ1n) is 8.38. The van der Waals surface area contributed by atoms with E-state index in [1.807, 2.05) is 25.1 Å². The summed E-state index contributed by atoms with van der Waals surface area (Å²) in [6.07, 6.45) is 0.103. The van der Waals surface area contributed by atoms with Crippen LogP contribution in [0.3, 0.4) is 0 Å². The number of hydrogen-bond acceptors (Lipinski definition) is 2. The van der Waals surface area contributed by atoms with E-state index >= 15 is 0 Å². The lowest BCUT2D eigenvalue weighted by molar-refractivity contribution is 0.160. The lowest BCUT2D eigenvalue weighted by Crippen LogP contribution is -2.09. The molecule has 4 aromatic rings. The lowest BCUT2D eigenvalue weighted by Gasteiger charge is -2.14. The Hall–Kier alpha value is -2.65. The summed E-state index contributed by atoms with van der Waals surface area (Å²) in [5.41, 5.74) is 3.23. The molecule has 0 radical (unpaired) electrons. The number of para-hydroxylation sites is 2. The fourth-order valence-electron chi connectivity index (χ4n) is 3.30. The lowest BCUT2D eigenvalue weighted by atomic mass is 10.0.